The van der Waals surface area contributed by atoms with Crippen molar-refractivity contribution in [1.82, 2.24) is 10.2 Å². The van der Waals surface area contributed by atoms with Crippen molar-refractivity contribution < 1.29 is 9.59 Å². The molecule has 1 aliphatic heterocycles. The molecular weight excluding hydrogens is 204 g/mol. The molecular formula is C12H14N2O2. The summed E-state index contributed by atoms with van der Waals surface area (Å²) >= 11 is 0. The van der Waals surface area contributed by atoms with Crippen LogP contribution in [0, 0.1) is 0 Å². The molecule has 2 rings (SSSR count). The van der Waals surface area contributed by atoms with E-state index in [9.17, 15) is 9.59 Å². The first-order chi connectivity index (χ1) is 7.50. The number of imide groups is 1. The van der Waals surface area contributed by atoms with Gasteiger partial charge in [0.25, 0.3) is 5.91 Å². The van der Waals surface area contributed by atoms with E-state index in [0.717, 1.165) is 5.56 Å². The molecule has 1 heterocycles. The highest BCUT2D eigenvalue weighted by atomic mass is 16.2. The molecule has 1 fully saturated rings. The molecule has 0 saturated carbocycles. The summed E-state index contributed by atoms with van der Waals surface area (Å²) in [5.41, 5.74) is 0.162. The van der Waals surface area contributed by atoms with Crippen molar-refractivity contribution in [2.75, 3.05) is 0 Å². The van der Waals surface area contributed by atoms with Gasteiger partial charge >= 0.3 is 6.03 Å². The molecule has 1 aliphatic rings. The maximum Gasteiger partial charge on any atom is 0.325 e. The summed E-state index contributed by atoms with van der Waals surface area (Å²) < 4.78 is 0. The zero-order valence-electron chi connectivity index (χ0n) is 9.36. The first-order valence-electron chi connectivity index (χ1n) is 5.19. The Morgan fingerprint density at radius 1 is 1.19 bits per heavy atom. The van der Waals surface area contributed by atoms with Crippen LogP contribution < -0.4 is 5.32 Å². The minimum Gasteiger partial charge on any atom is -0.324 e. The summed E-state index contributed by atoms with van der Waals surface area (Å²) in [7, 11) is 0. The predicted molar refractivity (Wildman–Crippen MR) is 59.6 cm³/mol. The molecule has 0 spiro atoms. The zero-order valence-corrected chi connectivity index (χ0v) is 9.36. The number of urea groups is 1. The number of benzene rings is 1. The Morgan fingerprint density at radius 2 is 1.81 bits per heavy atom. The van der Waals surface area contributed by atoms with Crippen LogP contribution in [0.2, 0.25) is 0 Å². The number of carbonyl (C=O) groups is 2. The van der Waals surface area contributed by atoms with E-state index in [0.29, 0.717) is 6.54 Å². The highest BCUT2D eigenvalue weighted by Gasteiger charge is 2.43. The Kier molecular flexibility index (Phi) is 2.42. The summed E-state index contributed by atoms with van der Waals surface area (Å²) in [5.74, 6) is -0.179. The molecule has 0 unspecified atom stereocenters. The third kappa shape index (κ3) is 1.78. The molecule has 4 heteroatoms. The zero-order chi connectivity index (χ0) is 11.8. The monoisotopic (exact) mass is 218 g/mol. The van der Waals surface area contributed by atoms with Crippen LogP contribution in [-0.2, 0) is 11.3 Å². The third-order valence-corrected chi connectivity index (χ3v) is 2.63. The van der Waals surface area contributed by atoms with E-state index in [-0.39, 0.29) is 11.9 Å². The highest BCUT2D eigenvalue weighted by molar-refractivity contribution is 6.06. The second-order valence-electron chi connectivity index (χ2n) is 4.43. The van der Waals surface area contributed by atoms with Gasteiger partial charge in [-0.25, -0.2) is 4.79 Å². The van der Waals surface area contributed by atoms with Gasteiger partial charge in [0.2, 0.25) is 0 Å². The van der Waals surface area contributed by atoms with E-state index in [1.165, 1.54) is 4.90 Å². The maximum absolute atomic E-state index is 11.9. The Bertz CT molecular complexity index is 426. The van der Waals surface area contributed by atoms with E-state index < -0.39 is 5.54 Å². The van der Waals surface area contributed by atoms with Gasteiger partial charge in [-0.3, -0.25) is 9.69 Å². The van der Waals surface area contributed by atoms with Gasteiger partial charge in [0.1, 0.15) is 5.54 Å². The molecule has 0 bridgehead atoms. The lowest BCUT2D eigenvalue weighted by Crippen LogP contribution is -2.40. The number of carbonyl (C=O) groups excluding carboxylic acids is 2. The van der Waals surface area contributed by atoms with Crippen molar-refractivity contribution in [3.8, 4) is 0 Å². The van der Waals surface area contributed by atoms with Crippen LogP contribution in [0.4, 0.5) is 4.79 Å². The van der Waals surface area contributed by atoms with Gasteiger partial charge in [-0.1, -0.05) is 30.3 Å². The second kappa shape index (κ2) is 3.63. The molecule has 1 aromatic rings. The summed E-state index contributed by atoms with van der Waals surface area (Å²) in [6.07, 6.45) is 0. The summed E-state index contributed by atoms with van der Waals surface area (Å²) in [6, 6.07) is 9.15. The summed E-state index contributed by atoms with van der Waals surface area (Å²) in [6.45, 7) is 3.74. The van der Waals surface area contributed by atoms with Gasteiger partial charge in [0.15, 0.2) is 0 Å². The molecule has 16 heavy (non-hydrogen) atoms. The fourth-order valence-electron chi connectivity index (χ4n) is 1.73. The lowest BCUT2D eigenvalue weighted by molar-refractivity contribution is -0.130. The largest absolute Gasteiger partial charge is 0.325 e. The maximum atomic E-state index is 11.9. The van der Waals surface area contributed by atoms with Gasteiger partial charge < -0.3 is 5.32 Å². The first-order valence-corrected chi connectivity index (χ1v) is 5.19. The van der Waals surface area contributed by atoms with Gasteiger partial charge in [-0.15, -0.1) is 0 Å². The van der Waals surface area contributed by atoms with E-state index in [2.05, 4.69) is 5.32 Å². The molecule has 1 saturated heterocycles. The van der Waals surface area contributed by atoms with Crippen molar-refractivity contribution in [2.45, 2.75) is 25.9 Å². The van der Waals surface area contributed by atoms with Gasteiger partial charge in [0.05, 0.1) is 6.54 Å². The molecule has 1 N–H and O–H groups in total. The fraction of sp³-hybridized carbons (Fsp3) is 0.333. The van der Waals surface area contributed by atoms with Crippen LogP contribution in [-0.4, -0.2) is 22.4 Å². The fourth-order valence-corrected chi connectivity index (χ4v) is 1.73. The van der Waals surface area contributed by atoms with Crippen LogP contribution in [0.15, 0.2) is 30.3 Å². The SMILES string of the molecule is CC1(C)NC(=O)N(Cc2ccccc2)C1=O. The van der Waals surface area contributed by atoms with E-state index in [1.807, 2.05) is 30.3 Å². The molecule has 0 atom stereocenters. The van der Waals surface area contributed by atoms with Gasteiger partial charge in [0, 0.05) is 0 Å². The van der Waals surface area contributed by atoms with Crippen molar-refractivity contribution in [1.29, 1.82) is 0 Å². The Labute approximate surface area is 94.2 Å². The smallest absolute Gasteiger partial charge is 0.324 e. The topological polar surface area (TPSA) is 49.4 Å². The number of hydrogen-bond acceptors (Lipinski definition) is 2. The van der Waals surface area contributed by atoms with E-state index in [4.69, 9.17) is 0 Å². The standard InChI is InChI=1S/C12H14N2O2/c1-12(2)10(15)14(11(16)13-12)8-9-6-4-3-5-7-9/h3-7H,8H2,1-2H3,(H,13,16). The highest BCUT2D eigenvalue weighted by Crippen LogP contribution is 2.18. The molecule has 0 aliphatic carbocycles. The lowest BCUT2D eigenvalue weighted by Gasteiger charge is -2.15. The normalized spacial score (nSPS) is 18.8. The van der Waals surface area contributed by atoms with E-state index in [1.54, 1.807) is 13.8 Å². The number of nitrogens with zero attached hydrogens (tertiary/aromatic N) is 1. The molecule has 84 valence electrons. The number of rotatable bonds is 2. The van der Waals surface area contributed by atoms with Crippen LogP contribution in [0.1, 0.15) is 19.4 Å². The third-order valence-electron chi connectivity index (χ3n) is 2.63. The van der Waals surface area contributed by atoms with Crippen LogP contribution in [0.3, 0.4) is 0 Å². The average Bonchev–Trinajstić information content (AvgIpc) is 2.42. The van der Waals surface area contributed by atoms with Gasteiger partial charge in [-0.2, -0.15) is 0 Å². The summed E-state index contributed by atoms with van der Waals surface area (Å²) in [5, 5.41) is 2.65. The number of hydrogen-bond donors (Lipinski definition) is 1. The number of amides is 3. The van der Waals surface area contributed by atoms with Crippen molar-refractivity contribution >= 4 is 11.9 Å². The quantitative estimate of drug-likeness (QED) is 0.765. The molecule has 3 amide bonds. The Balaban J connectivity index is 2.18. The van der Waals surface area contributed by atoms with E-state index >= 15 is 0 Å². The lowest BCUT2D eigenvalue weighted by atomic mass is 10.1. The van der Waals surface area contributed by atoms with Crippen molar-refractivity contribution in [3.05, 3.63) is 35.9 Å². The number of nitrogens with one attached hydrogen (secondary N) is 1. The summed E-state index contributed by atoms with van der Waals surface area (Å²) in [4.78, 5) is 24.7. The van der Waals surface area contributed by atoms with Crippen LogP contribution in [0.25, 0.3) is 0 Å². The van der Waals surface area contributed by atoms with Crippen molar-refractivity contribution in [2.24, 2.45) is 0 Å². The minimum absolute atomic E-state index is 0.179. The molecule has 4 nitrogen and oxygen atoms in total. The average molecular weight is 218 g/mol. The molecule has 1 aromatic carbocycles. The Hall–Kier alpha value is -1.84. The second-order valence-corrected chi connectivity index (χ2v) is 4.43. The van der Waals surface area contributed by atoms with Crippen molar-refractivity contribution in [3.63, 3.8) is 0 Å². The predicted octanol–water partition coefficient (Wildman–Crippen LogP) is 1.52. The molecule has 0 aromatic heterocycles. The van der Waals surface area contributed by atoms with Crippen LogP contribution >= 0.6 is 0 Å². The van der Waals surface area contributed by atoms with Gasteiger partial charge in [-0.05, 0) is 19.4 Å². The molecule has 0 radical (unpaired) electrons. The first kappa shape index (κ1) is 10.7. The minimum atomic E-state index is -0.786. The Morgan fingerprint density at radius 3 is 2.31 bits per heavy atom. The van der Waals surface area contributed by atoms with Crippen LogP contribution in [0.5, 0.6) is 0 Å².